The Hall–Kier alpha value is -2.55. The molecule has 0 fully saturated rings. The molecule has 0 aliphatic rings. The van der Waals surface area contributed by atoms with Gasteiger partial charge in [-0.1, -0.05) is 54.1 Å². The Labute approximate surface area is 190 Å². The molecule has 0 spiro atoms. The van der Waals surface area contributed by atoms with Gasteiger partial charge in [0.2, 0.25) is 0 Å². The van der Waals surface area contributed by atoms with Crippen molar-refractivity contribution in [2.45, 2.75) is 27.3 Å². The zero-order valence-electron chi connectivity index (χ0n) is 17.9. The highest BCUT2D eigenvalue weighted by Crippen LogP contribution is 2.33. The van der Waals surface area contributed by atoms with Crippen molar-refractivity contribution in [2.24, 2.45) is 0 Å². The van der Waals surface area contributed by atoms with Gasteiger partial charge in [0.25, 0.3) is 5.91 Å². The number of amides is 1. The topological polar surface area (TPSA) is 67.2 Å². The van der Waals surface area contributed by atoms with E-state index in [1.807, 2.05) is 43.3 Å². The Kier molecular flexibility index (Phi) is 6.50. The van der Waals surface area contributed by atoms with Crippen LogP contribution < -0.4 is 4.90 Å². The lowest BCUT2D eigenvalue weighted by atomic mass is 10.2. The SMILES string of the molecule is CCN(CC)CCN(C(=O)Cn1nnc2ccccc21)c1nc2c(C)c(Cl)ccc2s1. The highest BCUT2D eigenvalue weighted by atomic mass is 35.5. The van der Waals surface area contributed by atoms with E-state index >= 15 is 0 Å². The quantitative estimate of drug-likeness (QED) is 0.393. The van der Waals surface area contributed by atoms with Crippen LogP contribution in [0.25, 0.3) is 21.3 Å². The van der Waals surface area contributed by atoms with Crippen molar-refractivity contribution in [1.82, 2.24) is 24.9 Å². The fourth-order valence-electron chi connectivity index (χ4n) is 3.56. The summed E-state index contributed by atoms with van der Waals surface area (Å²) in [6.07, 6.45) is 0. The van der Waals surface area contributed by atoms with Gasteiger partial charge in [-0.05, 0) is 49.8 Å². The van der Waals surface area contributed by atoms with E-state index in [0.29, 0.717) is 16.7 Å². The number of hydrogen-bond donors (Lipinski definition) is 0. The van der Waals surface area contributed by atoms with Crippen LogP contribution in [0, 0.1) is 6.92 Å². The molecular formula is C22H25ClN6OS. The first-order valence-corrected chi connectivity index (χ1v) is 11.6. The number of carbonyl (C=O) groups is 1. The average molecular weight is 457 g/mol. The number of aryl methyl sites for hydroxylation is 1. The van der Waals surface area contributed by atoms with Crippen LogP contribution in [-0.2, 0) is 11.3 Å². The van der Waals surface area contributed by atoms with Gasteiger partial charge < -0.3 is 4.90 Å². The molecule has 7 nitrogen and oxygen atoms in total. The van der Waals surface area contributed by atoms with Crippen LogP contribution in [-0.4, -0.2) is 57.0 Å². The van der Waals surface area contributed by atoms with Crippen LogP contribution in [0.5, 0.6) is 0 Å². The van der Waals surface area contributed by atoms with E-state index in [2.05, 4.69) is 29.1 Å². The molecule has 0 atom stereocenters. The van der Waals surface area contributed by atoms with Crippen LogP contribution in [0.4, 0.5) is 5.13 Å². The number of aromatic nitrogens is 4. The molecule has 0 radical (unpaired) electrons. The smallest absolute Gasteiger partial charge is 0.250 e. The van der Waals surface area contributed by atoms with Crippen molar-refractivity contribution in [3.63, 3.8) is 0 Å². The van der Waals surface area contributed by atoms with Gasteiger partial charge in [-0.15, -0.1) is 5.10 Å². The summed E-state index contributed by atoms with van der Waals surface area (Å²) in [7, 11) is 0. The Bertz CT molecular complexity index is 1220. The fourth-order valence-corrected chi connectivity index (χ4v) is 4.78. The maximum atomic E-state index is 13.4. The highest BCUT2D eigenvalue weighted by molar-refractivity contribution is 7.22. The van der Waals surface area contributed by atoms with E-state index < -0.39 is 0 Å². The minimum atomic E-state index is -0.0642. The summed E-state index contributed by atoms with van der Waals surface area (Å²) in [4.78, 5) is 22.3. The van der Waals surface area contributed by atoms with Crippen molar-refractivity contribution in [3.8, 4) is 0 Å². The molecule has 0 aliphatic carbocycles. The van der Waals surface area contributed by atoms with E-state index in [1.54, 1.807) is 9.58 Å². The Balaban J connectivity index is 1.66. The van der Waals surface area contributed by atoms with E-state index in [0.717, 1.165) is 46.4 Å². The Morgan fingerprint density at radius 3 is 2.68 bits per heavy atom. The number of fused-ring (bicyclic) bond motifs is 2. The van der Waals surface area contributed by atoms with Crippen LogP contribution >= 0.6 is 22.9 Å². The molecule has 4 aromatic rings. The zero-order valence-corrected chi connectivity index (χ0v) is 19.4. The van der Waals surface area contributed by atoms with Crippen molar-refractivity contribution < 1.29 is 4.79 Å². The number of likely N-dealkylation sites (N-methyl/N-ethyl adjacent to an activating group) is 1. The van der Waals surface area contributed by atoms with Crippen molar-refractivity contribution in [2.75, 3.05) is 31.1 Å². The number of hydrogen-bond acceptors (Lipinski definition) is 6. The van der Waals surface area contributed by atoms with Crippen molar-refractivity contribution >= 4 is 55.2 Å². The van der Waals surface area contributed by atoms with Gasteiger partial charge in [-0.25, -0.2) is 9.67 Å². The molecule has 4 rings (SSSR count). The van der Waals surface area contributed by atoms with Gasteiger partial charge >= 0.3 is 0 Å². The first-order valence-electron chi connectivity index (χ1n) is 10.4. The van der Waals surface area contributed by atoms with E-state index in [9.17, 15) is 4.79 Å². The standard InChI is InChI=1S/C22H25ClN6OS/c1-4-27(5-2)12-13-28(22-24-21-15(3)16(23)10-11-19(21)31-22)20(30)14-29-18-9-7-6-8-17(18)25-26-29/h6-11H,4-5,12-14H2,1-3H3. The molecular weight excluding hydrogens is 432 g/mol. The van der Waals surface area contributed by atoms with Gasteiger partial charge in [-0.3, -0.25) is 9.69 Å². The number of rotatable bonds is 8. The maximum Gasteiger partial charge on any atom is 0.250 e. The Morgan fingerprint density at radius 2 is 1.90 bits per heavy atom. The first kappa shape index (κ1) is 21.7. The van der Waals surface area contributed by atoms with Crippen molar-refractivity contribution in [3.05, 3.63) is 47.0 Å². The molecule has 9 heteroatoms. The molecule has 2 aromatic heterocycles. The maximum absolute atomic E-state index is 13.4. The van der Waals surface area contributed by atoms with Crippen LogP contribution in [0.3, 0.4) is 0 Å². The summed E-state index contributed by atoms with van der Waals surface area (Å²) in [6, 6.07) is 11.5. The molecule has 0 bridgehead atoms. The molecule has 162 valence electrons. The number of nitrogens with zero attached hydrogens (tertiary/aromatic N) is 6. The summed E-state index contributed by atoms with van der Waals surface area (Å²) < 4.78 is 2.67. The van der Waals surface area contributed by atoms with Crippen LogP contribution in [0.1, 0.15) is 19.4 Å². The first-order chi connectivity index (χ1) is 15.0. The molecule has 31 heavy (non-hydrogen) atoms. The Morgan fingerprint density at radius 1 is 1.13 bits per heavy atom. The lowest BCUT2D eigenvalue weighted by Gasteiger charge is -2.24. The average Bonchev–Trinajstić information content (AvgIpc) is 3.39. The largest absolute Gasteiger partial charge is 0.302 e. The van der Waals surface area contributed by atoms with E-state index in [-0.39, 0.29) is 12.5 Å². The molecule has 0 saturated carbocycles. The number of para-hydroxylation sites is 1. The predicted octanol–water partition coefficient (Wildman–Crippen LogP) is 4.38. The molecule has 2 heterocycles. The summed E-state index contributed by atoms with van der Waals surface area (Å²) in [5, 5.41) is 9.71. The lowest BCUT2D eigenvalue weighted by molar-refractivity contribution is -0.119. The number of anilines is 1. The second kappa shape index (κ2) is 9.30. The highest BCUT2D eigenvalue weighted by Gasteiger charge is 2.22. The van der Waals surface area contributed by atoms with Gasteiger partial charge in [0.15, 0.2) is 5.13 Å². The van der Waals surface area contributed by atoms with Gasteiger partial charge in [-0.2, -0.15) is 0 Å². The van der Waals surface area contributed by atoms with Gasteiger partial charge in [0.1, 0.15) is 12.1 Å². The lowest BCUT2D eigenvalue weighted by Crippen LogP contribution is -2.40. The summed E-state index contributed by atoms with van der Waals surface area (Å²) in [5.74, 6) is -0.0642. The third-order valence-corrected chi connectivity index (χ3v) is 6.96. The molecule has 0 unspecified atom stereocenters. The number of thiazole rings is 1. The van der Waals surface area contributed by atoms with Crippen LogP contribution in [0.15, 0.2) is 36.4 Å². The van der Waals surface area contributed by atoms with E-state index in [1.165, 1.54) is 11.3 Å². The minimum absolute atomic E-state index is 0.0642. The second-order valence-corrected chi connectivity index (χ2v) is 8.74. The summed E-state index contributed by atoms with van der Waals surface area (Å²) in [6.45, 7) is 9.50. The number of carbonyl (C=O) groups excluding carboxylic acids is 1. The molecule has 0 aliphatic heterocycles. The van der Waals surface area contributed by atoms with Crippen molar-refractivity contribution in [1.29, 1.82) is 0 Å². The zero-order chi connectivity index (χ0) is 22.0. The fraction of sp³-hybridized carbons (Fsp3) is 0.364. The van der Waals surface area contributed by atoms with Crippen LogP contribution in [0.2, 0.25) is 5.02 Å². The molecule has 2 aromatic carbocycles. The van der Waals surface area contributed by atoms with Gasteiger partial charge in [0, 0.05) is 18.1 Å². The molecule has 0 saturated heterocycles. The van der Waals surface area contributed by atoms with Gasteiger partial charge in [0.05, 0.1) is 15.7 Å². The molecule has 0 N–H and O–H groups in total. The van der Waals surface area contributed by atoms with E-state index in [4.69, 9.17) is 16.6 Å². The third kappa shape index (κ3) is 4.42. The molecule has 1 amide bonds. The minimum Gasteiger partial charge on any atom is -0.302 e. The normalized spacial score (nSPS) is 11.6. The second-order valence-electron chi connectivity index (χ2n) is 7.32. The summed E-state index contributed by atoms with van der Waals surface area (Å²) in [5.41, 5.74) is 3.39. The summed E-state index contributed by atoms with van der Waals surface area (Å²) >= 11 is 7.80. The monoisotopic (exact) mass is 456 g/mol. The number of benzene rings is 2. The number of halogens is 1. The third-order valence-electron chi connectivity index (χ3n) is 5.51. The predicted molar refractivity (Wildman–Crippen MR) is 127 cm³/mol.